The van der Waals surface area contributed by atoms with Crippen molar-refractivity contribution in [3.63, 3.8) is 0 Å². The van der Waals surface area contributed by atoms with E-state index in [1.807, 2.05) is 26.8 Å². The maximum Gasteiger partial charge on any atom is 0.346 e. The number of aromatic nitrogens is 2. The summed E-state index contributed by atoms with van der Waals surface area (Å²) in [5, 5.41) is 5.21. The van der Waals surface area contributed by atoms with Crippen LogP contribution in [0.3, 0.4) is 0 Å². The second kappa shape index (κ2) is 9.83. The number of rotatable bonds is 5. The van der Waals surface area contributed by atoms with E-state index in [2.05, 4.69) is 30.8 Å². The van der Waals surface area contributed by atoms with Crippen LogP contribution in [-0.4, -0.2) is 35.1 Å². The highest BCUT2D eigenvalue weighted by Crippen LogP contribution is 2.34. The highest BCUT2D eigenvalue weighted by atomic mass is 79.9. The fourth-order valence-electron chi connectivity index (χ4n) is 3.02. The lowest BCUT2D eigenvalue weighted by molar-refractivity contribution is -0.147. The molecule has 0 amide bonds. The van der Waals surface area contributed by atoms with E-state index in [1.54, 1.807) is 24.3 Å². The zero-order chi connectivity index (χ0) is 24.5. The number of esters is 1. The van der Waals surface area contributed by atoms with Crippen LogP contribution < -0.4 is 10.3 Å². The van der Waals surface area contributed by atoms with Gasteiger partial charge in [0, 0.05) is 9.89 Å². The lowest BCUT2D eigenvalue weighted by Gasteiger charge is -2.21. The number of hydrogen-bond donors (Lipinski definition) is 0. The van der Waals surface area contributed by atoms with Crippen molar-refractivity contribution in [2.75, 3.05) is 7.11 Å². The van der Waals surface area contributed by atoms with Gasteiger partial charge >= 0.3 is 5.97 Å². The van der Waals surface area contributed by atoms with Crippen LogP contribution in [0.15, 0.2) is 44.7 Å². The number of benzene rings is 2. The van der Waals surface area contributed by atoms with Gasteiger partial charge in [-0.3, -0.25) is 4.79 Å². The predicted molar refractivity (Wildman–Crippen MR) is 134 cm³/mol. The minimum absolute atomic E-state index is 0.151. The Morgan fingerprint density at radius 2 is 1.85 bits per heavy atom. The number of ether oxygens (including phenoxy) is 2. The number of hydrogen-bond acceptors (Lipinski definition) is 6. The fourth-order valence-corrected chi connectivity index (χ4v) is 3.98. The molecule has 0 bridgehead atoms. The van der Waals surface area contributed by atoms with Gasteiger partial charge in [0.25, 0.3) is 5.56 Å². The van der Waals surface area contributed by atoms with Crippen molar-refractivity contribution < 1.29 is 14.3 Å². The first kappa shape index (κ1) is 25.2. The Bertz CT molecular complexity index is 1290. The maximum absolute atomic E-state index is 13.2. The number of methoxy groups -OCH3 is 1. The minimum atomic E-state index is -0.888. The third-order valence-corrected chi connectivity index (χ3v) is 5.70. The van der Waals surface area contributed by atoms with E-state index in [0.29, 0.717) is 22.3 Å². The van der Waals surface area contributed by atoms with Crippen LogP contribution in [0.4, 0.5) is 0 Å². The van der Waals surface area contributed by atoms with E-state index >= 15 is 0 Å². The van der Waals surface area contributed by atoms with E-state index < -0.39 is 17.5 Å². The summed E-state index contributed by atoms with van der Waals surface area (Å²) in [6.45, 7) is 7.38. The molecule has 1 atom stereocenters. The SMILES string of the molecule is COC(=O)[C@H](C)Oc1c(Cl)cc(C=Nn2c(C(C)(C)C)nc3ccc(Br)cc3c2=O)cc1Cl. The molecule has 0 aliphatic rings. The highest BCUT2D eigenvalue weighted by molar-refractivity contribution is 9.10. The van der Waals surface area contributed by atoms with Crippen LogP contribution in [0.1, 0.15) is 39.1 Å². The topological polar surface area (TPSA) is 82.8 Å². The molecular weight excluding hydrogens is 533 g/mol. The van der Waals surface area contributed by atoms with E-state index in [1.165, 1.54) is 24.9 Å². The van der Waals surface area contributed by atoms with Gasteiger partial charge in [0.15, 0.2) is 11.9 Å². The molecule has 0 saturated heterocycles. The molecule has 0 fully saturated rings. The van der Waals surface area contributed by atoms with Gasteiger partial charge in [-0.15, -0.1) is 0 Å². The molecule has 0 saturated carbocycles. The molecule has 0 spiro atoms. The quantitative estimate of drug-likeness (QED) is 0.303. The third-order valence-electron chi connectivity index (χ3n) is 4.65. The fraction of sp³-hybridized carbons (Fsp3) is 0.304. The summed E-state index contributed by atoms with van der Waals surface area (Å²) in [5.41, 5.74) is 0.372. The first-order chi connectivity index (χ1) is 15.4. The molecule has 0 N–H and O–H groups in total. The Balaban J connectivity index is 2.06. The van der Waals surface area contributed by atoms with Crippen LogP contribution in [0.25, 0.3) is 10.9 Å². The number of nitrogens with zero attached hydrogens (tertiary/aromatic N) is 3. The molecule has 1 heterocycles. The molecule has 174 valence electrons. The normalized spacial score (nSPS) is 12.8. The summed E-state index contributed by atoms with van der Waals surface area (Å²) in [6.07, 6.45) is 0.577. The highest BCUT2D eigenvalue weighted by Gasteiger charge is 2.23. The van der Waals surface area contributed by atoms with Crippen molar-refractivity contribution in [2.24, 2.45) is 5.10 Å². The van der Waals surface area contributed by atoms with Gasteiger partial charge in [0.2, 0.25) is 0 Å². The molecule has 0 unspecified atom stereocenters. The van der Waals surface area contributed by atoms with Gasteiger partial charge in [0.1, 0.15) is 5.82 Å². The Morgan fingerprint density at radius 3 is 2.42 bits per heavy atom. The summed E-state index contributed by atoms with van der Waals surface area (Å²) in [6, 6.07) is 8.49. The smallest absolute Gasteiger partial charge is 0.346 e. The number of carbonyl (C=O) groups excluding carboxylic acids is 1. The van der Waals surface area contributed by atoms with Crippen LogP contribution in [0.5, 0.6) is 5.75 Å². The summed E-state index contributed by atoms with van der Waals surface area (Å²) in [7, 11) is 1.26. The average Bonchev–Trinajstić information content (AvgIpc) is 2.74. The van der Waals surface area contributed by atoms with Crippen molar-refractivity contribution in [3.8, 4) is 5.75 Å². The number of fused-ring (bicyclic) bond motifs is 1. The van der Waals surface area contributed by atoms with Crippen molar-refractivity contribution in [3.05, 3.63) is 66.6 Å². The van der Waals surface area contributed by atoms with Crippen molar-refractivity contribution in [1.29, 1.82) is 0 Å². The first-order valence-corrected chi connectivity index (χ1v) is 11.5. The molecular formula is C23H22BrCl2N3O4. The standard InChI is InChI=1S/C23H22BrCl2N3O4/c1-12(21(31)32-5)33-19-16(25)8-13(9-17(19)26)11-27-29-20(30)15-10-14(24)6-7-18(15)28-22(29)23(2,3)4/h6-12H,1-5H3/t12-/m0/s1. The Labute approximate surface area is 209 Å². The van der Waals surface area contributed by atoms with Crippen LogP contribution in [-0.2, 0) is 14.9 Å². The van der Waals surface area contributed by atoms with E-state index in [-0.39, 0.29) is 21.4 Å². The molecule has 33 heavy (non-hydrogen) atoms. The summed E-state index contributed by atoms with van der Waals surface area (Å²) < 4.78 is 12.2. The number of carbonyl (C=O) groups is 1. The average molecular weight is 555 g/mol. The third kappa shape index (κ3) is 5.57. The maximum atomic E-state index is 13.2. The molecule has 0 radical (unpaired) electrons. The van der Waals surface area contributed by atoms with Crippen molar-refractivity contribution in [1.82, 2.24) is 9.66 Å². The largest absolute Gasteiger partial charge is 0.476 e. The number of halogens is 3. The Kier molecular flexibility index (Phi) is 7.51. The van der Waals surface area contributed by atoms with Crippen LogP contribution in [0.2, 0.25) is 10.0 Å². The molecule has 0 aliphatic carbocycles. The molecule has 3 aromatic rings. The molecule has 10 heteroatoms. The molecule has 7 nitrogen and oxygen atoms in total. The van der Waals surface area contributed by atoms with Gasteiger partial charge in [-0.05, 0) is 42.8 Å². The van der Waals surface area contributed by atoms with Gasteiger partial charge in [-0.25, -0.2) is 9.78 Å². The monoisotopic (exact) mass is 553 g/mol. The second-order valence-corrected chi connectivity index (χ2v) is 10.0. The predicted octanol–water partition coefficient (Wildman–Crippen LogP) is 5.59. The minimum Gasteiger partial charge on any atom is -0.476 e. The van der Waals surface area contributed by atoms with Crippen LogP contribution in [0, 0.1) is 0 Å². The van der Waals surface area contributed by atoms with Crippen LogP contribution >= 0.6 is 39.1 Å². The molecule has 3 rings (SSSR count). The zero-order valence-corrected chi connectivity index (χ0v) is 21.7. The Hall–Kier alpha value is -2.42. The van der Waals surface area contributed by atoms with Gasteiger partial charge in [-0.2, -0.15) is 9.78 Å². The summed E-state index contributed by atoms with van der Waals surface area (Å²) >= 11 is 16.1. The first-order valence-electron chi connectivity index (χ1n) is 9.93. The Morgan fingerprint density at radius 1 is 1.21 bits per heavy atom. The van der Waals surface area contributed by atoms with Gasteiger partial charge < -0.3 is 9.47 Å². The zero-order valence-electron chi connectivity index (χ0n) is 18.6. The molecule has 1 aromatic heterocycles. The second-order valence-electron chi connectivity index (χ2n) is 8.31. The molecule has 0 aliphatic heterocycles. The molecule has 2 aromatic carbocycles. The summed E-state index contributed by atoms with van der Waals surface area (Å²) in [5.74, 6) is 0.0954. The van der Waals surface area contributed by atoms with Crippen molar-refractivity contribution >= 4 is 62.2 Å². The van der Waals surface area contributed by atoms with E-state index in [9.17, 15) is 9.59 Å². The van der Waals surface area contributed by atoms with E-state index in [4.69, 9.17) is 27.9 Å². The van der Waals surface area contributed by atoms with Gasteiger partial charge in [-0.1, -0.05) is 59.9 Å². The lowest BCUT2D eigenvalue weighted by atomic mass is 9.95. The summed E-state index contributed by atoms with van der Waals surface area (Å²) in [4.78, 5) is 29.6. The van der Waals surface area contributed by atoms with E-state index in [0.717, 1.165) is 4.47 Å². The van der Waals surface area contributed by atoms with Crippen molar-refractivity contribution in [2.45, 2.75) is 39.2 Å². The van der Waals surface area contributed by atoms with Gasteiger partial charge in [0.05, 0.1) is 34.3 Å². The lowest BCUT2D eigenvalue weighted by Crippen LogP contribution is -2.29.